The molecule has 0 atom stereocenters. The Labute approximate surface area is 123 Å². The summed E-state index contributed by atoms with van der Waals surface area (Å²) >= 11 is 6.58. The van der Waals surface area contributed by atoms with E-state index in [1.807, 2.05) is 0 Å². The molecule has 0 amide bonds. The molecule has 2 aromatic rings. The zero-order valence-corrected chi connectivity index (χ0v) is 12.3. The van der Waals surface area contributed by atoms with Crippen molar-refractivity contribution in [3.63, 3.8) is 0 Å². The molecule has 0 saturated carbocycles. The van der Waals surface area contributed by atoms with Crippen LogP contribution in [0, 0.1) is 0 Å². The van der Waals surface area contributed by atoms with Gasteiger partial charge in [-0.2, -0.15) is 5.10 Å². The number of hydrogen-bond acceptors (Lipinski definition) is 3. The summed E-state index contributed by atoms with van der Waals surface area (Å²) in [7, 11) is 1.64. The van der Waals surface area contributed by atoms with Crippen molar-refractivity contribution in [1.29, 1.82) is 0 Å². The summed E-state index contributed by atoms with van der Waals surface area (Å²) in [4.78, 5) is 0. The predicted octanol–water partition coefficient (Wildman–Crippen LogP) is 3.59. The number of anilines is 1. The van der Waals surface area contributed by atoms with Crippen LogP contribution in [0.25, 0.3) is 11.1 Å². The first-order valence-corrected chi connectivity index (χ1v) is 7.27. The van der Waals surface area contributed by atoms with Crippen molar-refractivity contribution < 1.29 is 4.74 Å². The summed E-state index contributed by atoms with van der Waals surface area (Å²) in [6.45, 7) is 0. The van der Waals surface area contributed by atoms with Crippen molar-refractivity contribution in [1.82, 2.24) is 10.2 Å². The average Bonchev–Trinajstić information content (AvgIpc) is 2.73. The van der Waals surface area contributed by atoms with E-state index in [1.54, 1.807) is 13.3 Å². The number of H-pyrrole nitrogens is 1. The SMILES string of the molecule is COc1c(-c2cn[nH]c2N)cc2c(c1Cl)CCCCC2. The topological polar surface area (TPSA) is 63.9 Å². The summed E-state index contributed by atoms with van der Waals surface area (Å²) in [6.07, 6.45) is 7.43. The molecule has 0 fully saturated rings. The molecular weight excluding hydrogens is 274 g/mol. The third-order valence-corrected chi connectivity index (χ3v) is 4.35. The van der Waals surface area contributed by atoms with E-state index in [2.05, 4.69) is 16.3 Å². The summed E-state index contributed by atoms with van der Waals surface area (Å²) in [5.74, 6) is 1.23. The Morgan fingerprint density at radius 3 is 2.75 bits per heavy atom. The molecule has 106 valence electrons. The largest absolute Gasteiger partial charge is 0.495 e. The summed E-state index contributed by atoms with van der Waals surface area (Å²) in [5.41, 5.74) is 10.2. The highest BCUT2D eigenvalue weighted by Gasteiger charge is 2.21. The lowest BCUT2D eigenvalue weighted by atomic mass is 9.96. The first-order valence-electron chi connectivity index (χ1n) is 6.89. The smallest absolute Gasteiger partial charge is 0.145 e. The second kappa shape index (κ2) is 5.37. The van der Waals surface area contributed by atoms with E-state index in [4.69, 9.17) is 22.1 Å². The van der Waals surface area contributed by atoms with Crippen molar-refractivity contribution >= 4 is 17.4 Å². The summed E-state index contributed by atoms with van der Waals surface area (Å²) < 4.78 is 5.53. The Morgan fingerprint density at radius 1 is 1.25 bits per heavy atom. The molecule has 5 heteroatoms. The number of benzene rings is 1. The number of halogens is 1. The number of hydrogen-bond donors (Lipinski definition) is 2. The molecule has 1 aromatic carbocycles. The van der Waals surface area contributed by atoms with E-state index >= 15 is 0 Å². The Hall–Kier alpha value is -1.68. The summed E-state index contributed by atoms with van der Waals surface area (Å²) in [6, 6.07) is 2.16. The molecule has 1 aliphatic rings. The van der Waals surface area contributed by atoms with E-state index in [1.165, 1.54) is 30.4 Å². The van der Waals surface area contributed by atoms with Crippen molar-refractivity contribution in [3.8, 4) is 16.9 Å². The van der Waals surface area contributed by atoms with Gasteiger partial charge < -0.3 is 10.5 Å². The second-order valence-electron chi connectivity index (χ2n) is 5.17. The highest BCUT2D eigenvalue weighted by Crippen LogP contribution is 2.43. The van der Waals surface area contributed by atoms with Gasteiger partial charge in [0, 0.05) is 11.1 Å². The van der Waals surface area contributed by atoms with Gasteiger partial charge in [0.25, 0.3) is 0 Å². The number of fused-ring (bicyclic) bond motifs is 1. The van der Waals surface area contributed by atoms with Crippen molar-refractivity contribution in [3.05, 3.63) is 28.4 Å². The van der Waals surface area contributed by atoms with Crippen molar-refractivity contribution in [2.75, 3.05) is 12.8 Å². The fraction of sp³-hybridized carbons (Fsp3) is 0.400. The standard InChI is InChI=1S/C15H18ClN3O/c1-20-14-11(12-8-18-19-15(12)17)7-9-5-3-2-4-6-10(9)13(14)16/h7-8H,2-6H2,1H3,(H3,17,18,19). The number of nitrogens with two attached hydrogens (primary N) is 1. The Balaban J connectivity index is 2.22. The van der Waals surface area contributed by atoms with Crippen LogP contribution in [-0.4, -0.2) is 17.3 Å². The van der Waals surface area contributed by atoms with E-state index in [-0.39, 0.29) is 0 Å². The molecule has 20 heavy (non-hydrogen) atoms. The average molecular weight is 292 g/mol. The Morgan fingerprint density at radius 2 is 2.05 bits per heavy atom. The zero-order chi connectivity index (χ0) is 14.1. The Kier molecular flexibility index (Phi) is 3.57. The third kappa shape index (κ3) is 2.14. The number of methoxy groups -OCH3 is 1. The lowest BCUT2D eigenvalue weighted by Crippen LogP contribution is -1.99. The molecule has 1 aliphatic carbocycles. The van der Waals surface area contributed by atoms with Gasteiger partial charge in [0.15, 0.2) is 0 Å². The minimum absolute atomic E-state index is 0.535. The van der Waals surface area contributed by atoms with Crippen LogP contribution < -0.4 is 10.5 Å². The quantitative estimate of drug-likeness (QED) is 0.831. The molecule has 0 unspecified atom stereocenters. The second-order valence-corrected chi connectivity index (χ2v) is 5.55. The minimum atomic E-state index is 0.535. The lowest BCUT2D eigenvalue weighted by molar-refractivity contribution is 0.416. The van der Waals surface area contributed by atoms with Gasteiger partial charge in [-0.3, -0.25) is 5.10 Å². The monoisotopic (exact) mass is 291 g/mol. The van der Waals surface area contributed by atoms with Gasteiger partial charge in [0.2, 0.25) is 0 Å². The molecule has 0 spiro atoms. The van der Waals surface area contributed by atoms with Gasteiger partial charge in [-0.15, -0.1) is 0 Å². The van der Waals surface area contributed by atoms with Gasteiger partial charge in [0.05, 0.1) is 18.3 Å². The molecular formula is C15H18ClN3O. The van der Waals surface area contributed by atoms with Gasteiger partial charge >= 0.3 is 0 Å². The summed E-state index contributed by atoms with van der Waals surface area (Å²) in [5, 5.41) is 7.47. The molecule has 0 saturated heterocycles. The van der Waals surface area contributed by atoms with Crippen LogP contribution in [0.15, 0.2) is 12.3 Å². The Bertz CT molecular complexity index is 636. The van der Waals surface area contributed by atoms with E-state index in [0.29, 0.717) is 11.6 Å². The fourth-order valence-corrected chi connectivity index (χ4v) is 3.32. The number of aromatic nitrogens is 2. The molecule has 1 heterocycles. The number of nitrogens with one attached hydrogen (secondary N) is 1. The third-order valence-electron chi connectivity index (χ3n) is 3.95. The van der Waals surface area contributed by atoms with E-state index in [9.17, 15) is 0 Å². The van der Waals surface area contributed by atoms with E-state index < -0.39 is 0 Å². The molecule has 4 nitrogen and oxygen atoms in total. The molecule has 3 rings (SSSR count). The van der Waals surface area contributed by atoms with Crippen LogP contribution in [0.5, 0.6) is 5.75 Å². The highest BCUT2D eigenvalue weighted by molar-refractivity contribution is 6.33. The zero-order valence-electron chi connectivity index (χ0n) is 11.5. The predicted molar refractivity (Wildman–Crippen MR) is 81.3 cm³/mol. The number of aromatic amines is 1. The normalized spacial score (nSPS) is 14.7. The van der Waals surface area contributed by atoms with Crippen LogP contribution in [0.1, 0.15) is 30.4 Å². The van der Waals surface area contributed by atoms with Crippen molar-refractivity contribution in [2.24, 2.45) is 0 Å². The first kappa shape index (κ1) is 13.3. The van der Waals surface area contributed by atoms with Crippen LogP contribution in [-0.2, 0) is 12.8 Å². The maximum absolute atomic E-state index is 6.58. The molecule has 0 aliphatic heterocycles. The number of nitrogen functional groups attached to an aromatic ring is 1. The van der Waals surface area contributed by atoms with Crippen LogP contribution in [0.3, 0.4) is 0 Å². The van der Waals surface area contributed by atoms with Gasteiger partial charge in [-0.05, 0) is 42.9 Å². The van der Waals surface area contributed by atoms with Crippen LogP contribution in [0.2, 0.25) is 5.02 Å². The highest BCUT2D eigenvalue weighted by atomic mass is 35.5. The van der Waals surface area contributed by atoms with Crippen LogP contribution in [0.4, 0.5) is 5.82 Å². The number of aryl methyl sites for hydroxylation is 1. The first-order chi connectivity index (χ1) is 9.72. The molecule has 0 bridgehead atoms. The molecule has 1 aromatic heterocycles. The number of rotatable bonds is 2. The molecule has 3 N–H and O–H groups in total. The maximum atomic E-state index is 6.58. The van der Waals surface area contributed by atoms with Crippen molar-refractivity contribution in [2.45, 2.75) is 32.1 Å². The minimum Gasteiger partial charge on any atom is -0.495 e. The van der Waals surface area contributed by atoms with Crippen LogP contribution >= 0.6 is 11.6 Å². The van der Waals surface area contributed by atoms with Gasteiger partial charge in [-0.1, -0.05) is 18.0 Å². The lowest BCUT2D eigenvalue weighted by Gasteiger charge is -2.16. The van der Waals surface area contributed by atoms with Gasteiger partial charge in [0.1, 0.15) is 11.6 Å². The number of nitrogens with zero attached hydrogens (tertiary/aromatic N) is 1. The van der Waals surface area contributed by atoms with Gasteiger partial charge in [-0.25, -0.2) is 0 Å². The van der Waals surface area contributed by atoms with E-state index in [0.717, 1.165) is 29.0 Å². The fourth-order valence-electron chi connectivity index (χ4n) is 2.92. The maximum Gasteiger partial charge on any atom is 0.145 e. The molecule has 0 radical (unpaired) electrons. The number of ether oxygens (including phenoxy) is 1.